The van der Waals surface area contributed by atoms with Crippen molar-refractivity contribution in [3.63, 3.8) is 0 Å². The fourth-order valence-corrected chi connectivity index (χ4v) is 8.70. The maximum Gasteiger partial charge on any atom is 0.286 e. The Morgan fingerprint density at radius 1 is 1.15 bits per heavy atom. The largest absolute Gasteiger partial charge is 0.543 e. The van der Waals surface area contributed by atoms with E-state index in [0.717, 1.165) is 53.0 Å². The Hall–Kier alpha value is -5.75. The van der Waals surface area contributed by atoms with Crippen molar-refractivity contribution in [1.82, 2.24) is 25.4 Å². The van der Waals surface area contributed by atoms with Crippen LogP contribution in [0.2, 0.25) is 0 Å². The highest BCUT2D eigenvalue weighted by molar-refractivity contribution is 8.00. The number of aromatic hydroxyl groups is 1. The van der Waals surface area contributed by atoms with Gasteiger partial charge in [-0.1, -0.05) is 17.3 Å². The van der Waals surface area contributed by atoms with Crippen molar-refractivity contribution in [2.75, 3.05) is 18.0 Å². The van der Waals surface area contributed by atoms with Crippen molar-refractivity contribution in [2.45, 2.75) is 69.3 Å². The number of likely N-dealkylation sites (tertiary alicyclic amines) is 1. The van der Waals surface area contributed by atoms with Gasteiger partial charge in [0.15, 0.2) is 23.2 Å². The smallest absolute Gasteiger partial charge is 0.286 e. The van der Waals surface area contributed by atoms with Gasteiger partial charge in [0, 0.05) is 48.5 Å². The molecule has 286 valence electrons. The summed E-state index contributed by atoms with van der Waals surface area (Å²) in [4.78, 5) is 77.7. The predicted octanol–water partition coefficient (Wildman–Crippen LogP) is 0.461. The van der Waals surface area contributed by atoms with Crippen molar-refractivity contribution in [3.05, 3.63) is 93.9 Å². The molecule has 2 atom stereocenters. The van der Waals surface area contributed by atoms with Gasteiger partial charge in [0.05, 0.1) is 11.7 Å². The van der Waals surface area contributed by atoms with Crippen molar-refractivity contribution < 1.29 is 43.6 Å². The molecule has 0 unspecified atom stereocenters. The van der Waals surface area contributed by atoms with Crippen LogP contribution in [-0.4, -0.2) is 85.0 Å². The molecular formula is C37H38N8O8S2. The van der Waals surface area contributed by atoms with E-state index in [1.54, 1.807) is 51.5 Å². The molecule has 1 saturated carbocycles. The third-order valence-corrected chi connectivity index (χ3v) is 11.7. The maximum atomic E-state index is 13.4. The number of aromatic nitrogens is 2. The number of carbonyl (C=O) groups is 5. The average molecular weight is 787 g/mol. The van der Waals surface area contributed by atoms with Gasteiger partial charge < -0.3 is 41.1 Å². The third kappa shape index (κ3) is 8.49. The number of pyridine rings is 1. The minimum atomic E-state index is -1.56. The van der Waals surface area contributed by atoms with E-state index in [1.165, 1.54) is 17.8 Å². The number of carboxylic acids is 1. The minimum Gasteiger partial charge on any atom is -0.543 e. The number of nitrogens with one attached hydrogen (secondary N) is 2. The molecule has 2 saturated heterocycles. The summed E-state index contributed by atoms with van der Waals surface area (Å²) < 4.78 is 1.71. The minimum absolute atomic E-state index is 0.0861. The highest BCUT2D eigenvalue weighted by Gasteiger charge is 2.53. The summed E-state index contributed by atoms with van der Waals surface area (Å²) in [6.45, 7) is 1.09. The first kappa shape index (κ1) is 37.6. The Labute approximate surface area is 323 Å². The number of thiazole rings is 1. The number of hydrogen-bond acceptors (Lipinski definition) is 13. The Morgan fingerprint density at radius 2 is 1.93 bits per heavy atom. The second-order valence-corrected chi connectivity index (χ2v) is 15.5. The van der Waals surface area contributed by atoms with Gasteiger partial charge in [0.2, 0.25) is 12.5 Å². The monoisotopic (exact) mass is 786 g/mol. The number of hydrogen-bond donors (Lipinski definition) is 4. The van der Waals surface area contributed by atoms with E-state index >= 15 is 0 Å². The van der Waals surface area contributed by atoms with Crippen molar-refractivity contribution >= 4 is 63.5 Å². The number of rotatable bonds is 13. The van der Waals surface area contributed by atoms with E-state index < -0.39 is 29.2 Å². The third-order valence-electron chi connectivity index (χ3n) is 9.67. The molecule has 4 aliphatic rings. The summed E-state index contributed by atoms with van der Waals surface area (Å²) in [5.74, 6) is -3.07. The molecule has 5 N–H and O–H groups in total. The number of nitrogens with two attached hydrogens (primary N) is 1. The van der Waals surface area contributed by atoms with Crippen LogP contribution in [0.5, 0.6) is 5.75 Å². The molecule has 3 aromatic rings. The van der Waals surface area contributed by atoms with Crippen molar-refractivity contribution in [1.29, 1.82) is 0 Å². The van der Waals surface area contributed by atoms with Crippen molar-refractivity contribution in [3.8, 4) is 5.75 Å². The molecule has 18 heteroatoms. The van der Waals surface area contributed by atoms with Gasteiger partial charge >= 0.3 is 0 Å². The van der Waals surface area contributed by atoms with Crippen LogP contribution in [-0.2, 0) is 48.4 Å². The number of anilines is 1. The molecule has 1 aliphatic carbocycles. The average Bonchev–Trinajstić information content (AvgIpc) is 3.93. The zero-order chi connectivity index (χ0) is 38.6. The number of nitrogens with zero attached hydrogens (tertiary/aromatic N) is 5. The number of amides is 4. The number of benzene rings is 1. The number of β-lactam (4-membered cyclic amide) rings is 1. The van der Waals surface area contributed by atoms with E-state index in [4.69, 9.17) is 10.6 Å². The highest BCUT2D eigenvalue weighted by Crippen LogP contribution is 2.41. The quantitative estimate of drug-likeness (QED) is 0.0613. The first-order valence-electron chi connectivity index (χ1n) is 17.7. The Morgan fingerprint density at radius 3 is 2.64 bits per heavy atom. The molecule has 1 aromatic carbocycles. The standard InChI is InChI=1S/C37H38N8O8S2/c38-37-40-27(20-55-37)29(42-53-26-6-1-2-7-26)32(48)41-30-34(50)45-31(36(51)52)24(19-54-35(30)45)15-23-10-13-44(33(23)49)17-21-8-11-43(12-9-21)18-28(47)39-16-22-4-3-5-25(46)14-22/h3-5,8-9,11-12,14-15,20,26,30,35H,1-2,6-7,10,13,16-19H2,(H5-,38,39,40,41,46,47,48,51,52)/b23-15+,42-29-/t30-,35-/m1/s1. The lowest BCUT2D eigenvalue weighted by Crippen LogP contribution is -2.71. The van der Waals surface area contributed by atoms with Gasteiger partial charge in [-0.05, 0) is 67.0 Å². The van der Waals surface area contributed by atoms with E-state index in [0.29, 0.717) is 25.1 Å². The number of phenols is 1. The number of fused-ring (bicyclic) bond motifs is 1. The number of aliphatic carboxylic acids is 1. The van der Waals surface area contributed by atoms with Gasteiger partial charge in [-0.25, -0.2) is 4.98 Å². The molecule has 7 rings (SSSR count). The number of allylic oxidation sites excluding steroid dienone is 1. The fourth-order valence-electron chi connectivity index (χ4n) is 6.84. The maximum absolute atomic E-state index is 13.4. The molecule has 0 bridgehead atoms. The summed E-state index contributed by atoms with van der Waals surface area (Å²) in [5.41, 5.74) is 7.84. The van der Waals surface area contributed by atoms with Gasteiger partial charge in [-0.3, -0.25) is 24.1 Å². The Kier molecular flexibility index (Phi) is 11.1. The number of carbonyl (C=O) groups excluding carboxylic acids is 5. The van der Waals surface area contributed by atoms with Gasteiger partial charge in [0.25, 0.3) is 17.7 Å². The number of thioether (sulfide) groups is 1. The summed E-state index contributed by atoms with van der Waals surface area (Å²) in [7, 11) is 0. The highest BCUT2D eigenvalue weighted by atomic mass is 32.2. The summed E-state index contributed by atoms with van der Waals surface area (Å²) >= 11 is 2.39. The molecule has 0 spiro atoms. The molecular weight excluding hydrogens is 749 g/mol. The first-order valence-corrected chi connectivity index (χ1v) is 19.6. The summed E-state index contributed by atoms with van der Waals surface area (Å²) in [5, 5.41) is 32.7. The lowest BCUT2D eigenvalue weighted by molar-refractivity contribution is -0.684. The number of carboxylic acid groups (broad SMARTS) is 1. The lowest BCUT2D eigenvalue weighted by Gasteiger charge is -2.50. The van der Waals surface area contributed by atoms with Gasteiger partial charge in [-0.2, -0.15) is 4.57 Å². The normalized spacial score (nSPS) is 20.8. The molecule has 4 amide bonds. The second kappa shape index (κ2) is 16.3. The van der Waals surface area contributed by atoms with Crippen LogP contribution in [0.3, 0.4) is 0 Å². The van der Waals surface area contributed by atoms with Crippen LogP contribution < -0.4 is 26.0 Å². The zero-order valence-corrected chi connectivity index (χ0v) is 31.1. The van der Waals surface area contributed by atoms with Gasteiger partial charge in [-0.15, -0.1) is 23.1 Å². The van der Waals surface area contributed by atoms with E-state index in [1.807, 2.05) is 12.1 Å². The molecule has 3 fully saturated rings. The van der Waals surface area contributed by atoms with Gasteiger partial charge in [0.1, 0.15) is 29.0 Å². The molecule has 5 heterocycles. The van der Waals surface area contributed by atoms with Crippen molar-refractivity contribution in [2.24, 2.45) is 5.16 Å². The van der Waals surface area contributed by atoms with Crippen LogP contribution in [0.4, 0.5) is 5.13 Å². The van der Waals surface area contributed by atoms with Crippen LogP contribution >= 0.6 is 23.1 Å². The van der Waals surface area contributed by atoms with E-state index in [9.17, 15) is 34.2 Å². The Balaban J connectivity index is 0.965. The molecule has 3 aliphatic heterocycles. The summed E-state index contributed by atoms with van der Waals surface area (Å²) in [6, 6.07) is 9.25. The SMILES string of the molecule is Nc1nc(/C(=N/OC2CCCC2)C(=O)N[C@@H]2C(=O)N3C(C(=O)[O-])=C(/C=C4\CCN(Cc5cc[n+](CC(=O)NCc6cccc(O)c6)cc5)C4=O)CS[C@H]23)cs1. The fraction of sp³-hybridized carbons (Fsp3) is 0.351. The molecule has 16 nitrogen and oxygen atoms in total. The number of nitrogen functional groups attached to an aromatic ring is 1. The van der Waals surface area contributed by atoms with Crippen LogP contribution in [0, 0.1) is 0 Å². The molecule has 55 heavy (non-hydrogen) atoms. The van der Waals surface area contributed by atoms with Crippen LogP contribution in [0.25, 0.3) is 0 Å². The predicted molar refractivity (Wildman–Crippen MR) is 198 cm³/mol. The first-order chi connectivity index (χ1) is 26.5. The topological polar surface area (TPSA) is 224 Å². The number of phenolic OH excluding ortho intramolecular Hbond substituents is 1. The van der Waals surface area contributed by atoms with Crippen LogP contribution in [0.15, 0.2) is 82.2 Å². The zero-order valence-electron chi connectivity index (χ0n) is 29.5. The second-order valence-electron chi connectivity index (χ2n) is 13.5. The van der Waals surface area contributed by atoms with Crippen LogP contribution in [0.1, 0.15) is 48.9 Å². The molecule has 2 aromatic heterocycles. The van der Waals surface area contributed by atoms with E-state index in [2.05, 4.69) is 20.8 Å². The number of oxime groups is 1. The Bertz CT molecular complexity index is 2110. The van der Waals surface area contributed by atoms with E-state index in [-0.39, 0.29) is 70.3 Å². The molecule has 0 radical (unpaired) electrons. The summed E-state index contributed by atoms with van der Waals surface area (Å²) in [6.07, 6.45) is 8.90. The lowest BCUT2D eigenvalue weighted by atomic mass is 10.0.